The number of halogens is 1. The zero-order valence-electron chi connectivity index (χ0n) is 11.1. The van der Waals surface area contributed by atoms with E-state index >= 15 is 0 Å². The van der Waals surface area contributed by atoms with Crippen molar-refractivity contribution in [1.29, 1.82) is 0 Å². The van der Waals surface area contributed by atoms with E-state index in [1.807, 2.05) is 24.3 Å². The lowest BCUT2D eigenvalue weighted by Crippen LogP contribution is -2.24. The van der Waals surface area contributed by atoms with Crippen LogP contribution in [0, 0.1) is 5.82 Å². The van der Waals surface area contributed by atoms with E-state index in [4.69, 9.17) is 4.74 Å². The van der Waals surface area contributed by atoms with Gasteiger partial charge in [-0.15, -0.1) is 0 Å². The highest BCUT2D eigenvalue weighted by Crippen LogP contribution is 2.29. The highest BCUT2D eigenvalue weighted by atomic mass is 19.1. The van der Waals surface area contributed by atoms with E-state index in [0.29, 0.717) is 12.0 Å². The summed E-state index contributed by atoms with van der Waals surface area (Å²) in [7, 11) is 1.59. The monoisotopic (exact) mass is 260 g/mol. The largest absolute Gasteiger partial charge is 0.496 e. The van der Waals surface area contributed by atoms with Gasteiger partial charge >= 0.3 is 0 Å². The van der Waals surface area contributed by atoms with Gasteiger partial charge < -0.3 is 9.84 Å². The fourth-order valence-electron chi connectivity index (χ4n) is 2.15. The maximum Gasteiger partial charge on any atom is 0.123 e. The molecule has 3 heteroatoms. The van der Waals surface area contributed by atoms with E-state index in [0.717, 1.165) is 11.3 Å². The van der Waals surface area contributed by atoms with Gasteiger partial charge in [0.25, 0.3) is 0 Å². The van der Waals surface area contributed by atoms with Gasteiger partial charge in [0.2, 0.25) is 0 Å². The highest BCUT2D eigenvalue weighted by Gasteiger charge is 2.25. The van der Waals surface area contributed by atoms with E-state index in [1.165, 1.54) is 12.1 Å². The summed E-state index contributed by atoms with van der Waals surface area (Å²) in [6.07, 6.45) is 0.362. The molecule has 2 rings (SSSR count). The summed E-state index contributed by atoms with van der Waals surface area (Å²) in [4.78, 5) is 0. The van der Waals surface area contributed by atoms with E-state index < -0.39 is 5.60 Å². The number of methoxy groups -OCH3 is 1. The van der Waals surface area contributed by atoms with Gasteiger partial charge in [0, 0.05) is 6.42 Å². The average Bonchev–Trinajstić information content (AvgIpc) is 2.39. The van der Waals surface area contributed by atoms with Gasteiger partial charge in [-0.25, -0.2) is 4.39 Å². The fraction of sp³-hybridized carbons (Fsp3) is 0.250. The molecule has 0 amide bonds. The van der Waals surface area contributed by atoms with Gasteiger partial charge in [0.05, 0.1) is 12.7 Å². The van der Waals surface area contributed by atoms with Crippen LogP contribution in [0.25, 0.3) is 0 Å². The van der Waals surface area contributed by atoms with Crippen molar-refractivity contribution in [1.82, 2.24) is 0 Å². The van der Waals surface area contributed by atoms with Crippen LogP contribution < -0.4 is 4.74 Å². The number of para-hydroxylation sites is 1. The van der Waals surface area contributed by atoms with Gasteiger partial charge in [-0.1, -0.05) is 30.3 Å². The Labute approximate surface area is 112 Å². The Morgan fingerprint density at radius 2 is 1.89 bits per heavy atom. The first-order valence-corrected chi connectivity index (χ1v) is 6.13. The quantitative estimate of drug-likeness (QED) is 0.914. The first-order valence-electron chi connectivity index (χ1n) is 6.13. The summed E-state index contributed by atoms with van der Waals surface area (Å²) in [6.45, 7) is 1.67. The summed E-state index contributed by atoms with van der Waals surface area (Å²) in [5, 5.41) is 10.6. The molecule has 0 saturated heterocycles. The Hall–Kier alpha value is -1.87. The molecule has 0 heterocycles. The van der Waals surface area contributed by atoms with Crippen LogP contribution in [0.5, 0.6) is 5.75 Å². The molecule has 1 unspecified atom stereocenters. The lowest BCUT2D eigenvalue weighted by molar-refractivity contribution is 0.0566. The Morgan fingerprint density at radius 3 is 2.58 bits per heavy atom. The van der Waals surface area contributed by atoms with Gasteiger partial charge in [-0.05, 0) is 36.2 Å². The number of hydrogen-bond acceptors (Lipinski definition) is 2. The van der Waals surface area contributed by atoms with Crippen LogP contribution in [-0.2, 0) is 12.0 Å². The van der Waals surface area contributed by atoms with Crippen molar-refractivity contribution in [2.75, 3.05) is 7.11 Å². The SMILES string of the molecule is COc1ccccc1CC(C)(O)c1cccc(F)c1. The van der Waals surface area contributed by atoms with Gasteiger partial charge in [0.15, 0.2) is 0 Å². The molecule has 2 aromatic carbocycles. The van der Waals surface area contributed by atoms with Crippen molar-refractivity contribution < 1.29 is 14.2 Å². The molecule has 0 saturated carbocycles. The molecule has 2 aromatic rings. The summed E-state index contributed by atoms with van der Waals surface area (Å²) >= 11 is 0. The third-order valence-corrected chi connectivity index (χ3v) is 3.17. The summed E-state index contributed by atoms with van der Waals surface area (Å²) < 4.78 is 18.5. The van der Waals surface area contributed by atoms with Crippen LogP contribution in [0.3, 0.4) is 0 Å². The molecule has 0 fully saturated rings. The fourth-order valence-corrected chi connectivity index (χ4v) is 2.15. The van der Waals surface area contributed by atoms with Gasteiger partial charge in [-0.3, -0.25) is 0 Å². The summed E-state index contributed by atoms with van der Waals surface area (Å²) in [6, 6.07) is 13.5. The molecule has 2 nitrogen and oxygen atoms in total. The van der Waals surface area contributed by atoms with Crippen molar-refractivity contribution in [2.45, 2.75) is 18.9 Å². The van der Waals surface area contributed by atoms with Crippen LogP contribution in [0.4, 0.5) is 4.39 Å². The van der Waals surface area contributed by atoms with E-state index in [1.54, 1.807) is 26.2 Å². The average molecular weight is 260 g/mol. The second-order valence-electron chi connectivity index (χ2n) is 4.77. The molecule has 0 aromatic heterocycles. The minimum atomic E-state index is -1.14. The predicted octanol–water partition coefficient (Wildman–Crippen LogP) is 3.28. The molecule has 0 aliphatic rings. The molecule has 1 N–H and O–H groups in total. The lowest BCUT2D eigenvalue weighted by Gasteiger charge is -2.25. The first kappa shape index (κ1) is 13.6. The van der Waals surface area contributed by atoms with Crippen molar-refractivity contribution >= 4 is 0 Å². The Bertz CT molecular complexity index is 564. The van der Waals surface area contributed by atoms with Crippen LogP contribution in [-0.4, -0.2) is 12.2 Å². The zero-order chi connectivity index (χ0) is 13.9. The molecular weight excluding hydrogens is 243 g/mol. The normalized spacial score (nSPS) is 13.9. The van der Waals surface area contributed by atoms with Crippen molar-refractivity contribution in [3.63, 3.8) is 0 Å². The zero-order valence-corrected chi connectivity index (χ0v) is 11.1. The Balaban J connectivity index is 2.30. The van der Waals surface area contributed by atoms with E-state index in [-0.39, 0.29) is 5.82 Å². The smallest absolute Gasteiger partial charge is 0.123 e. The maximum absolute atomic E-state index is 13.2. The van der Waals surface area contributed by atoms with E-state index in [9.17, 15) is 9.50 Å². The third-order valence-electron chi connectivity index (χ3n) is 3.17. The van der Waals surface area contributed by atoms with Gasteiger partial charge in [0.1, 0.15) is 11.6 Å². The van der Waals surface area contributed by atoms with Crippen LogP contribution in [0.2, 0.25) is 0 Å². The topological polar surface area (TPSA) is 29.5 Å². The molecule has 19 heavy (non-hydrogen) atoms. The molecule has 0 aliphatic carbocycles. The molecule has 0 bridgehead atoms. The number of benzene rings is 2. The van der Waals surface area contributed by atoms with E-state index in [2.05, 4.69) is 0 Å². The molecule has 1 atom stereocenters. The van der Waals surface area contributed by atoms with Crippen LogP contribution in [0.1, 0.15) is 18.1 Å². The maximum atomic E-state index is 13.2. The molecule has 0 spiro atoms. The lowest BCUT2D eigenvalue weighted by atomic mass is 9.89. The standard InChI is InChI=1S/C16H17FO2/c1-16(18,13-7-5-8-14(17)10-13)11-12-6-3-4-9-15(12)19-2/h3-10,18H,11H2,1-2H3. The second kappa shape index (κ2) is 5.41. The van der Waals surface area contributed by atoms with Crippen LogP contribution in [0.15, 0.2) is 48.5 Å². The molecular formula is C16H17FO2. The van der Waals surface area contributed by atoms with Crippen molar-refractivity contribution in [3.8, 4) is 5.75 Å². The molecule has 0 radical (unpaired) electrons. The molecule has 100 valence electrons. The highest BCUT2D eigenvalue weighted by molar-refractivity contribution is 5.36. The summed E-state index contributed by atoms with van der Waals surface area (Å²) in [5.41, 5.74) is 0.300. The number of aliphatic hydroxyl groups is 1. The number of hydrogen-bond donors (Lipinski definition) is 1. The minimum Gasteiger partial charge on any atom is -0.496 e. The number of rotatable bonds is 4. The Kier molecular flexibility index (Phi) is 3.86. The second-order valence-corrected chi connectivity index (χ2v) is 4.77. The number of ether oxygens (including phenoxy) is 1. The Morgan fingerprint density at radius 1 is 1.16 bits per heavy atom. The van der Waals surface area contributed by atoms with Crippen LogP contribution >= 0.6 is 0 Å². The van der Waals surface area contributed by atoms with Crippen molar-refractivity contribution in [2.24, 2.45) is 0 Å². The first-order chi connectivity index (χ1) is 9.03. The third kappa shape index (κ3) is 3.12. The van der Waals surface area contributed by atoms with Gasteiger partial charge in [-0.2, -0.15) is 0 Å². The summed E-state index contributed by atoms with van der Waals surface area (Å²) in [5.74, 6) is 0.372. The minimum absolute atomic E-state index is 0.349. The predicted molar refractivity (Wildman–Crippen MR) is 72.7 cm³/mol. The molecule has 0 aliphatic heterocycles. The van der Waals surface area contributed by atoms with Crippen molar-refractivity contribution in [3.05, 3.63) is 65.5 Å².